The molecule has 0 unspecified atom stereocenters. The predicted octanol–water partition coefficient (Wildman–Crippen LogP) is 1.97. The SMILES string of the molecule is CCCCCCCC/C=C\CCCCCCCC(N)=O.O=S(=O)(O)O.[H-].[Na+]. The van der Waals surface area contributed by atoms with E-state index in [2.05, 4.69) is 19.1 Å². The van der Waals surface area contributed by atoms with E-state index in [1.807, 2.05) is 0 Å². The van der Waals surface area contributed by atoms with Crippen molar-refractivity contribution in [3.8, 4) is 0 Å². The monoisotopic (exact) mass is 403 g/mol. The summed E-state index contributed by atoms with van der Waals surface area (Å²) in [5.41, 5.74) is 5.10. The molecular formula is C18H38NNaO5S. The molecule has 26 heavy (non-hydrogen) atoms. The summed E-state index contributed by atoms with van der Waals surface area (Å²) in [5, 5.41) is 0. The number of unbranched alkanes of at least 4 members (excludes halogenated alkanes) is 11. The number of primary amides is 1. The van der Waals surface area contributed by atoms with Crippen molar-refractivity contribution in [3.05, 3.63) is 12.2 Å². The van der Waals surface area contributed by atoms with Gasteiger partial charge in [-0.3, -0.25) is 13.9 Å². The summed E-state index contributed by atoms with van der Waals surface area (Å²) in [6.45, 7) is 2.26. The summed E-state index contributed by atoms with van der Waals surface area (Å²) < 4.78 is 31.6. The predicted molar refractivity (Wildman–Crippen MR) is 104 cm³/mol. The fraction of sp³-hybridized carbons (Fsp3) is 0.833. The molecule has 152 valence electrons. The molecule has 0 saturated heterocycles. The molecule has 4 N–H and O–H groups in total. The molecule has 0 aliphatic carbocycles. The van der Waals surface area contributed by atoms with Crippen LogP contribution in [0.5, 0.6) is 0 Å². The minimum absolute atomic E-state index is 0. The summed E-state index contributed by atoms with van der Waals surface area (Å²) in [6.07, 6.45) is 21.9. The van der Waals surface area contributed by atoms with E-state index in [0.29, 0.717) is 6.42 Å². The Morgan fingerprint density at radius 1 is 0.846 bits per heavy atom. The molecule has 0 bridgehead atoms. The Morgan fingerprint density at radius 2 is 1.19 bits per heavy atom. The van der Waals surface area contributed by atoms with Crippen LogP contribution in [0.3, 0.4) is 0 Å². The molecule has 8 heteroatoms. The van der Waals surface area contributed by atoms with Gasteiger partial charge in [-0.2, -0.15) is 8.42 Å². The van der Waals surface area contributed by atoms with Crippen molar-refractivity contribution in [1.82, 2.24) is 0 Å². The molecule has 0 aromatic rings. The summed E-state index contributed by atoms with van der Waals surface area (Å²) in [7, 11) is -4.67. The zero-order valence-corrected chi connectivity index (χ0v) is 19.5. The molecule has 0 aromatic carbocycles. The van der Waals surface area contributed by atoms with Crippen LogP contribution in [0, 0.1) is 0 Å². The van der Waals surface area contributed by atoms with Crippen LogP contribution < -0.4 is 35.3 Å². The van der Waals surface area contributed by atoms with Gasteiger partial charge in [-0.25, -0.2) is 0 Å². The quantitative estimate of drug-likeness (QED) is 0.167. The molecular weight excluding hydrogens is 365 g/mol. The minimum Gasteiger partial charge on any atom is -1.00 e. The molecule has 0 spiro atoms. The van der Waals surface area contributed by atoms with Crippen LogP contribution in [0.25, 0.3) is 0 Å². The van der Waals surface area contributed by atoms with Crippen LogP contribution >= 0.6 is 0 Å². The van der Waals surface area contributed by atoms with Gasteiger partial charge in [0.05, 0.1) is 0 Å². The second-order valence-electron chi connectivity index (χ2n) is 6.25. The number of rotatable bonds is 15. The van der Waals surface area contributed by atoms with Crippen molar-refractivity contribution in [1.29, 1.82) is 0 Å². The first-order chi connectivity index (χ1) is 11.8. The van der Waals surface area contributed by atoms with Gasteiger partial charge in [-0.05, 0) is 32.1 Å². The first-order valence-electron chi connectivity index (χ1n) is 9.40. The van der Waals surface area contributed by atoms with Gasteiger partial charge in [0.25, 0.3) is 0 Å². The second kappa shape index (κ2) is 23.1. The van der Waals surface area contributed by atoms with Gasteiger partial charge in [0, 0.05) is 6.42 Å². The van der Waals surface area contributed by atoms with Crippen LogP contribution in [0.15, 0.2) is 12.2 Å². The smallest absolute Gasteiger partial charge is 1.00 e. The Hall–Kier alpha value is 0.0800. The normalized spacial score (nSPS) is 10.9. The number of amides is 1. The number of hydrogen-bond donors (Lipinski definition) is 3. The zero-order chi connectivity index (χ0) is 19.4. The Morgan fingerprint density at radius 3 is 1.58 bits per heavy atom. The van der Waals surface area contributed by atoms with E-state index >= 15 is 0 Å². The second-order valence-corrected chi connectivity index (χ2v) is 7.14. The maximum atomic E-state index is 10.5. The Balaban J connectivity index is -0.000000333. The van der Waals surface area contributed by atoms with Gasteiger partial charge in [-0.15, -0.1) is 0 Å². The molecule has 0 saturated carbocycles. The van der Waals surface area contributed by atoms with E-state index in [1.165, 1.54) is 70.6 Å². The number of nitrogens with two attached hydrogens (primary N) is 1. The van der Waals surface area contributed by atoms with E-state index in [4.69, 9.17) is 23.3 Å². The van der Waals surface area contributed by atoms with E-state index in [-0.39, 0.29) is 36.9 Å². The fourth-order valence-corrected chi connectivity index (χ4v) is 2.37. The molecule has 0 aliphatic rings. The first kappa shape index (κ1) is 30.8. The molecule has 1 amide bonds. The van der Waals surface area contributed by atoms with Crippen molar-refractivity contribution in [3.63, 3.8) is 0 Å². The molecule has 6 nitrogen and oxygen atoms in total. The first-order valence-corrected chi connectivity index (χ1v) is 10.8. The number of allylic oxidation sites excluding steroid dienone is 2. The summed E-state index contributed by atoms with van der Waals surface area (Å²) in [5.74, 6) is -0.164. The van der Waals surface area contributed by atoms with Gasteiger partial charge >= 0.3 is 40.0 Å². The van der Waals surface area contributed by atoms with Crippen molar-refractivity contribution >= 4 is 16.3 Å². The van der Waals surface area contributed by atoms with Crippen LogP contribution in [0.2, 0.25) is 0 Å². The third-order valence-corrected chi connectivity index (χ3v) is 3.68. The summed E-state index contributed by atoms with van der Waals surface area (Å²) >= 11 is 0. The van der Waals surface area contributed by atoms with Gasteiger partial charge in [0.15, 0.2) is 0 Å². The van der Waals surface area contributed by atoms with Gasteiger partial charge in [0.2, 0.25) is 5.91 Å². The minimum atomic E-state index is -4.67. The number of carbonyl (C=O) groups is 1. The van der Waals surface area contributed by atoms with Gasteiger partial charge < -0.3 is 7.16 Å². The summed E-state index contributed by atoms with van der Waals surface area (Å²) in [6, 6.07) is 0. The van der Waals surface area contributed by atoms with Crippen LogP contribution in [0.4, 0.5) is 0 Å². The van der Waals surface area contributed by atoms with E-state index < -0.39 is 10.4 Å². The van der Waals surface area contributed by atoms with Crippen molar-refractivity contribution in [2.45, 2.75) is 96.8 Å². The average molecular weight is 404 g/mol. The third-order valence-electron chi connectivity index (χ3n) is 3.68. The Kier molecular flexibility index (Phi) is 27.4. The molecule has 0 radical (unpaired) electrons. The molecule has 0 aromatic heterocycles. The van der Waals surface area contributed by atoms with Crippen molar-refractivity contribution in [2.24, 2.45) is 5.73 Å². The Bertz CT molecular complexity index is 425. The maximum Gasteiger partial charge on any atom is 1.00 e. The number of carbonyl (C=O) groups excluding carboxylic acids is 1. The topological polar surface area (TPSA) is 118 Å². The van der Waals surface area contributed by atoms with Crippen LogP contribution in [0.1, 0.15) is 98.2 Å². The van der Waals surface area contributed by atoms with E-state index in [0.717, 1.165) is 12.8 Å². The summed E-state index contributed by atoms with van der Waals surface area (Å²) in [4.78, 5) is 10.5. The Labute approximate surface area is 183 Å². The van der Waals surface area contributed by atoms with Gasteiger partial charge in [0.1, 0.15) is 0 Å². The molecule has 0 fully saturated rings. The molecule has 0 atom stereocenters. The van der Waals surface area contributed by atoms with Crippen molar-refractivity contribution < 1.29 is 53.3 Å². The van der Waals surface area contributed by atoms with Gasteiger partial charge in [-0.1, -0.05) is 70.4 Å². The average Bonchev–Trinajstić information content (AvgIpc) is 2.49. The zero-order valence-electron chi connectivity index (χ0n) is 17.7. The molecule has 0 rings (SSSR count). The molecule has 0 aliphatic heterocycles. The van der Waals surface area contributed by atoms with Crippen LogP contribution in [-0.4, -0.2) is 23.4 Å². The standard InChI is InChI=1S/C18H35NO.Na.H2O4S.H/c1-2-3-4-5-6-7-8-9-10-11-12-13-14-15-16-17-18(19)20;;1-5(2,3)4;/h9-10H,2-8,11-17H2,1H3,(H2,19,20);;(H2,1,2,3,4);/q;+1;;-1/b10-9-;;;. The fourth-order valence-electron chi connectivity index (χ4n) is 2.37. The van der Waals surface area contributed by atoms with Crippen molar-refractivity contribution in [2.75, 3.05) is 0 Å². The number of hydrogen-bond acceptors (Lipinski definition) is 3. The van der Waals surface area contributed by atoms with E-state index in [9.17, 15) is 4.79 Å². The molecule has 0 heterocycles. The van der Waals surface area contributed by atoms with Crippen LogP contribution in [-0.2, 0) is 15.2 Å². The largest absolute Gasteiger partial charge is 1.00 e. The third kappa shape index (κ3) is 44.0. The maximum absolute atomic E-state index is 10.5. The van der Waals surface area contributed by atoms with E-state index in [1.54, 1.807) is 0 Å².